The molecule has 11 nitrogen and oxygen atoms in total. The van der Waals surface area contributed by atoms with E-state index >= 15 is 0 Å². The Hall–Kier alpha value is -1.46. The molecule has 0 saturated carbocycles. The second kappa shape index (κ2) is 5.63. The SMILES string of the molecule is O=P(O)(O)OC[C@@H]1O[C@@H](n2cnc3cncnc32)[C@H](O)[C@H]1O. The number of aromatic nitrogens is 4. The lowest BCUT2D eigenvalue weighted by atomic mass is 10.1. The highest BCUT2D eigenvalue weighted by atomic mass is 31.2. The zero-order valence-electron chi connectivity index (χ0n) is 11.0. The Balaban J connectivity index is 1.82. The van der Waals surface area contributed by atoms with E-state index in [9.17, 15) is 14.8 Å². The molecule has 4 N–H and O–H groups in total. The zero-order valence-corrected chi connectivity index (χ0v) is 11.9. The standard InChI is InChI=1S/C10H13N4O7P/c15-7-6(2-20-22(17,18)19)21-10(8(7)16)14-4-13-5-1-11-3-12-9(5)14/h1,3-4,6-8,10,15-16H,2H2,(H2,17,18,19)/t6-,7-,8+,10+/m0/s1. The number of nitrogens with zero attached hydrogens (tertiary/aromatic N) is 4. The molecule has 0 aliphatic carbocycles. The summed E-state index contributed by atoms with van der Waals surface area (Å²) < 4.78 is 21.8. The first kappa shape index (κ1) is 15.4. The van der Waals surface area contributed by atoms with Gasteiger partial charge in [0, 0.05) is 0 Å². The van der Waals surface area contributed by atoms with Gasteiger partial charge in [-0.05, 0) is 0 Å². The molecular formula is C10H13N4O7P. The first-order chi connectivity index (χ1) is 10.4. The molecule has 2 aromatic heterocycles. The third-order valence-corrected chi connectivity index (χ3v) is 3.74. The van der Waals surface area contributed by atoms with Crippen molar-refractivity contribution in [2.24, 2.45) is 0 Å². The van der Waals surface area contributed by atoms with E-state index in [1.54, 1.807) is 0 Å². The molecule has 0 aromatic carbocycles. The highest BCUT2D eigenvalue weighted by Gasteiger charge is 2.45. The normalized spacial score (nSPS) is 29.3. The molecule has 0 unspecified atom stereocenters. The Kier molecular flexibility index (Phi) is 3.95. The van der Waals surface area contributed by atoms with Gasteiger partial charge in [0.15, 0.2) is 11.9 Å². The summed E-state index contributed by atoms with van der Waals surface area (Å²) in [5, 5.41) is 20.0. The molecule has 0 amide bonds. The fourth-order valence-corrected chi connectivity index (χ4v) is 2.58. The third-order valence-electron chi connectivity index (χ3n) is 3.26. The highest BCUT2D eigenvalue weighted by molar-refractivity contribution is 7.46. The quantitative estimate of drug-likeness (QED) is 0.488. The number of hydrogen-bond donors (Lipinski definition) is 4. The number of fused-ring (bicyclic) bond motifs is 1. The van der Waals surface area contributed by atoms with Crippen LogP contribution in [0.2, 0.25) is 0 Å². The summed E-state index contributed by atoms with van der Waals surface area (Å²) in [4.78, 5) is 29.2. The summed E-state index contributed by atoms with van der Waals surface area (Å²) in [7, 11) is -4.70. The Morgan fingerprint density at radius 3 is 2.82 bits per heavy atom. The van der Waals surface area contributed by atoms with Gasteiger partial charge in [-0.1, -0.05) is 0 Å². The van der Waals surface area contributed by atoms with Crippen LogP contribution in [0, 0.1) is 0 Å². The van der Waals surface area contributed by atoms with Gasteiger partial charge in [-0.15, -0.1) is 0 Å². The molecule has 12 heteroatoms. The summed E-state index contributed by atoms with van der Waals surface area (Å²) in [6.07, 6.45) is -0.690. The smallest absolute Gasteiger partial charge is 0.387 e. The van der Waals surface area contributed by atoms with Crippen LogP contribution in [-0.2, 0) is 13.8 Å². The van der Waals surface area contributed by atoms with E-state index in [0.29, 0.717) is 11.2 Å². The molecule has 0 radical (unpaired) electrons. The average Bonchev–Trinajstić information content (AvgIpc) is 3.00. The predicted molar refractivity (Wildman–Crippen MR) is 69.2 cm³/mol. The van der Waals surface area contributed by atoms with Gasteiger partial charge in [0.1, 0.15) is 30.2 Å². The number of hydrogen-bond acceptors (Lipinski definition) is 8. The summed E-state index contributed by atoms with van der Waals surface area (Å²) in [5.74, 6) is 0. The van der Waals surface area contributed by atoms with Crippen LogP contribution in [0.25, 0.3) is 11.2 Å². The summed E-state index contributed by atoms with van der Waals surface area (Å²) in [6.45, 7) is -0.569. The van der Waals surface area contributed by atoms with Gasteiger partial charge in [-0.3, -0.25) is 9.09 Å². The van der Waals surface area contributed by atoms with Gasteiger partial charge >= 0.3 is 7.82 Å². The van der Waals surface area contributed by atoms with Crippen molar-refractivity contribution in [1.29, 1.82) is 0 Å². The number of rotatable bonds is 4. The predicted octanol–water partition coefficient (Wildman–Crippen LogP) is -1.45. The van der Waals surface area contributed by atoms with Gasteiger partial charge in [-0.25, -0.2) is 19.5 Å². The van der Waals surface area contributed by atoms with Crippen molar-refractivity contribution < 1.29 is 33.8 Å². The molecule has 3 rings (SSSR count). The lowest BCUT2D eigenvalue weighted by Gasteiger charge is -2.16. The number of phosphoric ester groups is 1. The van der Waals surface area contributed by atoms with Crippen molar-refractivity contribution in [3.8, 4) is 0 Å². The van der Waals surface area contributed by atoms with Crippen LogP contribution in [-0.4, -0.2) is 64.4 Å². The van der Waals surface area contributed by atoms with Crippen LogP contribution < -0.4 is 0 Å². The van der Waals surface area contributed by atoms with Crippen LogP contribution in [0.4, 0.5) is 0 Å². The van der Waals surface area contributed by atoms with E-state index in [-0.39, 0.29) is 0 Å². The number of aliphatic hydroxyl groups excluding tert-OH is 2. The second-order valence-corrected chi connectivity index (χ2v) is 5.96. The van der Waals surface area contributed by atoms with Gasteiger partial charge in [0.05, 0.1) is 19.1 Å². The molecule has 2 aromatic rings. The molecule has 0 bridgehead atoms. The maximum Gasteiger partial charge on any atom is 0.469 e. The molecule has 4 atom stereocenters. The van der Waals surface area contributed by atoms with Crippen LogP contribution in [0.15, 0.2) is 18.9 Å². The van der Waals surface area contributed by atoms with E-state index in [1.165, 1.54) is 23.4 Å². The molecular weight excluding hydrogens is 319 g/mol. The Labute approximate surface area is 123 Å². The minimum atomic E-state index is -4.70. The minimum Gasteiger partial charge on any atom is -0.387 e. The maximum absolute atomic E-state index is 10.7. The van der Waals surface area contributed by atoms with E-state index in [2.05, 4.69) is 19.5 Å². The molecule has 3 heterocycles. The molecule has 0 spiro atoms. The molecule has 1 saturated heterocycles. The largest absolute Gasteiger partial charge is 0.469 e. The first-order valence-electron chi connectivity index (χ1n) is 6.21. The number of phosphoric acid groups is 1. The van der Waals surface area contributed by atoms with Crippen LogP contribution in [0.3, 0.4) is 0 Å². The van der Waals surface area contributed by atoms with Crippen LogP contribution in [0.1, 0.15) is 6.23 Å². The highest BCUT2D eigenvalue weighted by Crippen LogP contribution is 2.38. The average molecular weight is 332 g/mol. The number of imidazole rings is 1. The molecule has 120 valence electrons. The van der Waals surface area contributed by atoms with E-state index in [1.807, 2.05) is 0 Å². The van der Waals surface area contributed by atoms with Gasteiger partial charge in [0.2, 0.25) is 0 Å². The van der Waals surface area contributed by atoms with E-state index in [0.717, 1.165) is 0 Å². The second-order valence-electron chi connectivity index (χ2n) is 4.72. The van der Waals surface area contributed by atoms with Gasteiger partial charge < -0.3 is 24.7 Å². The van der Waals surface area contributed by atoms with Crippen molar-refractivity contribution in [2.75, 3.05) is 6.61 Å². The van der Waals surface area contributed by atoms with E-state index in [4.69, 9.17) is 14.5 Å². The third kappa shape index (κ3) is 2.88. The Morgan fingerprint density at radius 1 is 1.32 bits per heavy atom. The van der Waals surface area contributed by atoms with Crippen molar-refractivity contribution >= 4 is 19.0 Å². The lowest BCUT2D eigenvalue weighted by molar-refractivity contribution is -0.0504. The Bertz CT molecular complexity index is 718. The number of ether oxygens (including phenoxy) is 1. The van der Waals surface area contributed by atoms with Crippen molar-refractivity contribution in [1.82, 2.24) is 19.5 Å². The number of aliphatic hydroxyl groups is 2. The summed E-state index contributed by atoms with van der Waals surface area (Å²) in [5.41, 5.74) is 0.866. The van der Waals surface area contributed by atoms with Crippen molar-refractivity contribution in [3.63, 3.8) is 0 Å². The van der Waals surface area contributed by atoms with Gasteiger partial charge in [0.25, 0.3) is 0 Å². The minimum absolute atomic E-state index is 0.391. The molecule has 1 aliphatic heterocycles. The Morgan fingerprint density at radius 2 is 2.09 bits per heavy atom. The van der Waals surface area contributed by atoms with Crippen molar-refractivity contribution in [2.45, 2.75) is 24.5 Å². The van der Waals surface area contributed by atoms with Gasteiger partial charge in [-0.2, -0.15) is 0 Å². The zero-order chi connectivity index (χ0) is 15.9. The van der Waals surface area contributed by atoms with Crippen LogP contribution >= 0.6 is 7.82 Å². The summed E-state index contributed by atoms with van der Waals surface area (Å²) >= 11 is 0. The maximum atomic E-state index is 10.7. The fourth-order valence-electron chi connectivity index (χ4n) is 2.24. The van der Waals surface area contributed by atoms with E-state index < -0.39 is 39.0 Å². The molecule has 22 heavy (non-hydrogen) atoms. The fraction of sp³-hybridized carbons (Fsp3) is 0.500. The topological polar surface area (TPSA) is 160 Å². The molecule has 1 fully saturated rings. The monoisotopic (exact) mass is 332 g/mol. The van der Waals surface area contributed by atoms with Crippen molar-refractivity contribution in [3.05, 3.63) is 18.9 Å². The summed E-state index contributed by atoms with van der Waals surface area (Å²) in [6, 6.07) is 0. The molecule has 1 aliphatic rings. The lowest BCUT2D eigenvalue weighted by Crippen LogP contribution is -2.33. The van der Waals surface area contributed by atoms with Crippen LogP contribution in [0.5, 0.6) is 0 Å². The first-order valence-corrected chi connectivity index (χ1v) is 7.74.